The fraction of sp³-hybridized carbons (Fsp3) is 0.409. The molecule has 0 aliphatic carbocycles. The maximum absolute atomic E-state index is 11.7. The van der Waals surface area contributed by atoms with Gasteiger partial charge in [0, 0.05) is 30.3 Å². The number of fused-ring (bicyclic) bond motifs is 5. The Hall–Kier alpha value is -2.93. The van der Waals surface area contributed by atoms with Gasteiger partial charge in [-0.05, 0) is 31.0 Å². The quantitative estimate of drug-likeness (QED) is 0.777. The summed E-state index contributed by atoms with van der Waals surface area (Å²) in [6.07, 6.45) is 0.0939. The summed E-state index contributed by atoms with van der Waals surface area (Å²) in [6.45, 7) is 3.23. The minimum absolute atomic E-state index is 0.185. The van der Waals surface area contributed by atoms with Crippen LogP contribution in [0.1, 0.15) is 30.9 Å². The van der Waals surface area contributed by atoms with E-state index in [1.807, 2.05) is 41.3 Å². The molecule has 1 N–H and O–H groups in total. The molecule has 2 aromatic rings. The first-order valence-corrected chi connectivity index (χ1v) is 9.92. The number of anilines is 1. The minimum Gasteiger partial charge on any atom is -0.492 e. The fourth-order valence-corrected chi connectivity index (χ4v) is 4.60. The summed E-state index contributed by atoms with van der Waals surface area (Å²) in [4.78, 5) is 13.7. The van der Waals surface area contributed by atoms with Gasteiger partial charge in [0.1, 0.15) is 24.0 Å². The molecule has 0 amide bonds. The predicted molar refractivity (Wildman–Crippen MR) is 105 cm³/mol. The standard InChI is InChI=1S/C22H23NO6/c1-2-26-20(24)8-5-9-23-16-7-4-3-6-14(16)22(21(23)25)12-27-17-11-19-18(10-15(17)22)28-13-29-19/h3-4,6-7,10-11,21,25H,2,5,8-9,12-13H2,1H3. The molecule has 0 radical (unpaired) electrons. The Balaban J connectivity index is 1.49. The van der Waals surface area contributed by atoms with Crippen molar-refractivity contribution in [3.8, 4) is 17.2 Å². The zero-order valence-corrected chi connectivity index (χ0v) is 16.2. The molecule has 0 aromatic heterocycles. The lowest BCUT2D eigenvalue weighted by Crippen LogP contribution is -2.47. The topological polar surface area (TPSA) is 77.5 Å². The van der Waals surface area contributed by atoms with Crippen LogP contribution in [0.2, 0.25) is 0 Å². The van der Waals surface area contributed by atoms with Crippen molar-refractivity contribution in [1.29, 1.82) is 0 Å². The summed E-state index contributed by atoms with van der Waals surface area (Å²) in [6, 6.07) is 11.7. The van der Waals surface area contributed by atoms with E-state index in [0.29, 0.717) is 49.8 Å². The lowest BCUT2D eigenvalue weighted by Gasteiger charge is -2.32. The van der Waals surface area contributed by atoms with Gasteiger partial charge in [-0.25, -0.2) is 0 Å². The molecular formula is C22H23NO6. The molecule has 7 heteroatoms. The number of aliphatic hydroxyl groups excluding tert-OH is 1. The van der Waals surface area contributed by atoms with Gasteiger partial charge in [-0.15, -0.1) is 0 Å². The lowest BCUT2D eigenvalue weighted by molar-refractivity contribution is -0.143. The highest BCUT2D eigenvalue weighted by molar-refractivity contribution is 5.72. The fourth-order valence-electron chi connectivity index (χ4n) is 4.60. The van der Waals surface area contributed by atoms with Crippen LogP contribution in [0.25, 0.3) is 0 Å². The summed E-state index contributed by atoms with van der Waals surface area (Å²) in [5.41, 5.74) is 2.16. The molecule has 0 fully saturated rings. The zero-order valence-electron chi connectivity index (χ0n) is 16.2. The van der Waals surface area contributed by atoms with Gasteiger partial charge in [-0.1, -0.05) is 18.2 Å². The number of hydrogen-bond donors (Lipinski definition) is 1. The van der Waals surface area contributed by atoms with Crippen molar-refractivity contribution in [2.45, 2.75) is 31.4 Å². The second-order valence-electron chi connectivity index (χ2n) is 7.45. The Kier molecular flexibility index (Phi) is 4.28. The van der Waals surface area contributed by atoms with Crippen molar-refractivity contribution < 1.29 is 28.8 Å². The number of hydrogen-bond acceptors (Lipinski definition) is 7. The minimum atomic E-state index is -0.816. The SMILES string of the molecule is CCOC(=O)CCCN1c2ccccc2C2(COc3cc4c(cc32)OCO4)C1O. The molecule has 29 heavy (non-hydrogen) atoms. The van der Waals surface area contributed by atoms with Gasteiger partial charge in [0.25, 0.3) is 0 Å². The average molecular weight is 397 g/mol. The highest BCUT2D eigenvalue weighted by Crippen LogP contribution is 2.56. The number of nitrogens with zero attached hydrogens (tertiary/aromatic N) is 1. The predicted octanol–water partition coefficient (Wildman–Crippen LogP) is 2.58. The lowest BCUT2D eigenvalue weighted by atomic mass is 9.76. The van der Waals surface area contributed by atoms with Gasteiger partial charge >= 0.3 is 5.97 Å². The normalized spacial score (nSPS) is 23.1. The van der Waals surface area contributed by atoms with Crippen molar-refractivity contribution in [3.63, 3.8) is 0 Å². The second kappa shape index (κ2) is 6.84. The molecule has 0 saturated carbocycles. The first-order chi connectivity index (χ1) is 14.1. The van der Waals surface area contributed by atoms with Crippen LogP contribution in [0, 0.1) is 0 Å². The molecule has 3 heterocycles. The maximum Gasteiger partial charge on any atom is 0.305 e. The number of benzene rings is 2. The Morgan fingerprint density at radius 3 is 2.79 bits per heavy atom. The van der Waals surface area contributed by atoms with Crippen LogP contribution in [0.3, 0.4) is 0 Å². The highest BCUT2D eigenvalue weighted by atomic mass is 16.7. The number of para-hydroxylation sites is 1. The van der Waals surface area contributed by atoms with Crippen molar-refractivity contribution in [2.75, 3.05) is 31.5 Å². The van der Waals surface area contributed by atoms with Gasteiger partial charge < -0.3 is 29.0 Å². The first-order valence-electron chi connectivity index (χ1n) is 9.92. The first kappa shape index (κ1) is 18.1. The average Bonchev–Trinajstić information content (AvgIpc) is 3.39. The van der Waals surface area contributed by atoms with E-state index in [0.717, 1.165) is 16.8 Å². The van der Waals surface area contributed by atoms with Crippen molar-refractivity contribution in [1.82, 2.24) is 0 Å². The van der Waals surface area contributed by atoms with Crippen LogP contribution in [0.5, 0.6) is 17.2 Å². The Bertz CT molecular complexity index is 960. The summed E-state index contributed by atoms with van der Waals surface area (Å²) in [5.74, 6) is 1.81. The molecule has 2 atom stereocenters. The van der Waals surface area contributed by atoms with Crippen LogP contribution in [-0.2, 0) is 14.9 Å². The summed E-state index contributed by atoms with van der Waals surface area (Å²) in [7, 11) is 0. The van der Waals surface area contributed by atoms with Crippen LogP contribution in [-0.4, -0.2) is 43.9 Å². The van der Waals surface area contributed by atoms with E-state index in [2.05, 4.69) is 0 Å². The van der Waals surface area contributed by atoms with E-state index in [-0.39, 0.29) is 12.8 Å². The number of rotatable bonds is 5. The number of ether oxygens (including phenoxy) is 4. The molecule has 1 spiro atoms. The highest BCUT2D eigenvalue weighted by Gasteiger charge is 2.56. The van der Waals surface area contributed by atoms with Gasteiger partial charge in [0.2, 0.25) is 6.79 Å². The van der Waals surface area contributed by atoms with Crippen LogP contribution in [0.4, 0.5) is 5.69 Å². The van der Waals surface area contributed by atoms with E-state index in [4.69, 9.17) is 18.9 Å². The van der Waals surface area contributed by atoms with E-state index < -0.39 is 11.6 Å². The maximum atomic E-state index is 11.7. The zero-order chi connectivity index (χ0) is 20.0. The molecule has 0 bridgehead atoms. The summed E-state index contributed by atoms with van der Waals surface area (Å²) in [5, 5.41) is 11.5. The summed E-state index contributed by atoms with van der Waals surface area (Å²) < 4.78 is 22.1. The third-order valence-electron chi connectivity index (χ3n) is 5.93. The Morgan fingerprint density at radius 1 is 1.17 bits per heavy atom. The van der Waals surface area contributed by atoms with Gasteiger partial charge in [0.15, 0.2) is 11.5 Å². The summed E-state index contributed by atoms with van der Waals surface area (Å²) >= 11 is 0. The van der Waals surface area contributed by atoms with Gasteiger partial charge in [0.05, 0.1) is 6.61 Å². The van der Waals surface area contributed by atoms with E-state index >= 15 is 0 Å². The van der Waals surface area contributed by atoms with Crippen molar-refractivity contribution in [2.24, 2.45) is 0 Å². The Labute approximate surface area is 168 Å². The number of carbonyl (C=O) groups is 1. The number of aliphatic hydroxyl groups is 1. The number of carbonyl (C=O) groups excluding carboxylic acids is 1. The molecular weight excluding hydrogens is 374 g/mol. The van der Waals surface area contributed by atoms with Gasteiger partial charge in [-0.2, -0.15) is 0 Å². The Morgan fingerprint density at radius 2 is 1.97 bits per heavy atom. The van der Waals surface area contributed by atoms with Crippen LogP contribution < -0.4 is 19.1 Å². The van der Waals surface area contributed by atoms with E-state index in [1.165, 1.54) is 0 Å². The van der Waals surface area contributed by atoms with Crippen LogP contribution >= 0.6 is 0 Å². The molecule has 3 aliphatic heterocycles. The molecule has 0 saturated heterocycles. The smallest absolute Gasteiger partial charge is 0.305 e. The third-order valence-corrected chi connectivity index (χ3v) is 5.93. The third kappa shape index (κ3) is 2.64. The number of esters is 1. The van der Waals surface area contributed by atoms with E-state index in [9.17, 15) is 9.90 Å². The molecule has 2 unspecified atom stereocenters. The van der Waals surface area contributed by atoms with Crippen molar-refractivity contribution in [3.05, 3.63) is 47.5 Å². The van der Waals surface area contributed by atoms with Crippen LogP contribution in [0.15, 0.2) is 36.4 Å². The molecule has 3 aliphatic rings. The molecule has 152 valence electrons. The largest absolute Gasteiger partial charge is 0.492 e. The molecule has 7 nitrogen and oxygen atoms in total. The molecule has 5 rings (SSSR count). The second-order valence-corrected chi connectivity index (χ2v) is 7.45. The molecule has 2 aromatic carbocycles. The van der Waals surface area contributed by atoms with Crippen molar-refractivity contribution >= 4 is 11.7 Å². The monoisotopic (exact) mass is 397 g/mol. The van der Waals surface area contributed by atoms with E-state index in [1.54, 1.807) is 6.92 Å². The van der Waals surface area contributed by atoms with Gasteiger partial charge in [-0.3, -0.25) is 4.79 Å².